The summed E-state index contributed by atoms with van der Waals surface area (Å²) in [6.07, 6.45) is 0. The molecule has 0 bridgehead atoms. The van der Waals surface area contributed by atoms with Gasteiger partial charge in [0, 0.05) is 65.6 Å². The predicted molar refractivity (Wildman–Crippen MR) is 371 cm³/mol. The molecule has 0 unspecified atom stereocenters. The third kappa shape index (κ3) is 7.79. The molecule has 410 valence electrons. The smallest absolute Gasteiger partial charge is 0.0549 e. The summed E-state index contributed by atoms with van der Waals surface area (Å²) < 4.78 is 10.1. The second-order valence-corrected chi connectivity index (χ2v) is 23.2. The molecule has 0 amide bonds. The molecule has 0 aliphatic heterocycles. The van der Waals surface area contributed by atoms with Crippen molar-refractivity contribution in [1.29, 1.82) is 0 Å². The maximum Gasteiger partial charge on any atom is 0.0549 e. The summed E-state index contributed by atoms with van der Waals surface area (Å²) >= 11 is 0. The van der Waals surface area contributed by atoms with Gasteiger partial charge in [0.1, 0.15) is 0 Å². The number of aromatic nitrogens is 4. The fourth-order valence-corrected chi connectivity index (χ4v) is 14.3. The van der Waals surface area contributed by atoms with E-state index in [1.165, 1.54) is 87.6 Å². The third-order valence-corrected chi connectivity index (χ3v) is 18.3. The lowest BCUT2D eigenvalue weighted by Crippen LogP contribution is -2.03. The number of benzene rings is 14. The minimum Gasteiger partial charge on any atom is -0.309 e. The van der Waals surface area contributed by atoms with Crippen LogP contribution in [0.25, 0.3) is 166 Å². The van der Waals surface area contributed by atoms with E-state index in [0.29, 0.717) is 0 Å². The Morgan fingerprint density at radius 3 is 0.705 bits per heavy atom. The zero-order valence-corrected chi connectivity index (χ0v) is 48.0. The summed E-state index contributed by atoms with van der Waals surface area (Å²) in [7, 11) is 0. The molecule has 4 heteroatoms. The van der Waals surface area contributed by atoms with E-state index in [1.54, 1.807) is 0 Å². The summed E-state index contributed by atoms with van der Waals surface area (Å²) in [5, 5.41) is 9.51. The molecule has 0 saturated heterocycles. The minimum absolute atomic E-state index is 1.09. The van der Waals surface area contributed by atoms with Crippen molar-refractivity contribution < 1.29 is 0 Å². The molecular weight excluding hydrogens is 1060 g/mol. The maximum atomic E-state index is 2.57. The zero-order chi connectivity index (χ0) is 57.8. The van der Waals surface area contributed by atoms with Crippen molar-refractivity contribution in [3.63, 3.8) is 0 Å². The highest BCUT2D eigenvalue weighted by Gasteiger charge is 2.27. The molecule has 0 atom stereocenters. The van der Waals surface area contributed by atoms with E-state index in [1.807, 2.05) is 0 Å². The van der Waals surface area contributed by atoms with Gasteiger partial charge in [0.2, 0.25) is 0 Å². The second-order valence-electron chi connectivity index (χ2n) is 23.2. The highest BCUT2D eigenvalue weighted by Crippen LogP contribution is 2.49. The zero-order valence-electron chi connectivity index (χ0n) is 48.0. The highest BCUT2D eigenvalue weighted by atomic mass is 15.0. The van der Waals surface area contributed by atoms with E-state index in [2.05, 4.69) is 346 Å². The van der Waals surface area contributed by atoms with Gasteiger partial charge in [-0.1, -0.05) is 218 Å². The average Bonchev–Trinajstić information content (AvgIpc) is 1.58. The molecule has 0 fully saturated rings. The van der Waals surface area contributed by atoms with E-state index >= 15 is 0 Å². The molecule has 14 aromatic carbocycles. The van der Waals surface area contributed by atoms with Gasteiger partial charge in [0.15, 0.2) is 0 Å². The van der Waals surface area contributed by atoms with E-state index in [4.69, 9.17) is 0 Å². The molecular formula is C84H54N4. The van der Waals surface area contributed by atoms with Crippen LogP contribution in [0.3, 0.4) is 0 Å². The van der Waals surface area contributed by atoms with Crippen LogP contribution in [0.15, 0.2) is 328 Å². The van der Waals surface area contributed by atoms with Crippen molar-refractivity contribution in [2.75, 3.05) is 0 Å². The lowest BCUT2D eigenvalue weighted by atomic mass is 9.96. The summed E-state index contributed by atoms with van der Waals surface area (Å²) in [6.45, 7) is 0. The predicted octanol–water partition coefficient (Wildman–Crippen LogP) is 22.4. The minimum atomic E-state index is 1.09. The Kier molecular flexibility index (Phi) is 11.3. The third-order valence-electron chi connectivity index (χ3n) is 18.3. The molecule has 88 heavy (non-hydrogen) atoms. The van der Waals surface area contributed by atoms with Gasteiger partial charge in [0.05, 0.1) is 55.5 Å². The SMILES string of the molecule is c1ccc(-c2ccc3c(c2)c2cc(-c4ccccc4)ccc2n3-c2cc3c4ccccc4n(-c4ccccc4)c3cc2-c2cc3c(cc2-n2c4ccc(-c5ccccc5)cc4c4cc(-c5ccccc5)ccc42)c2ccccc2n3-c2ccccc2)cc1. The molecule has 0 spiro atoms. The van der Waals surface area contributed by atoms with Gasteiger partial charge >= 0.3 is 0 Å². The Labute approximate surface area is 508 Å². The Hall–Kier alpha value is -11.7. The van der Waals surface area contributed by atoms with Crippen molar-refractivity contribution in [3.05, 3.63) is 328 Å². The van der Waals surface area contributed by atoms with E-state index < -0.39 is 0 Å². The molecule has 0 saturated carbocycles. The first-order valence-corrected chi connectivity index (χ1v) is 30.3. The normalized spacial score (nSPS) is 11.9. The molecule has 0 aliphatic carbocycles. The number of hydrogen-bond donors (Lipinski definition) is 0. The molecule has 4 nitrogen and oxygen atoms in total. The van der Waals surface area contributed by atoms with E-state index in [9.17, 15) is 0 Å². The van der Waals surface area contributed by atoms with Crippen molar-refractivity contribution in [2.45, 2.75) is 0 Å². The number of para-hydroxylation sites is 4. The largest absolute Gasteiger partial charge is 0.309 e. The standard InChI is InChI=1S/C84H54N4/c1-7-23-55(24-8-1)59-39-43-77-67(47-59)68-48-60(56-25-9-2-10-26-56)40-44-78(68)87(77)83-51-71-65-35-19-21-37-75(65)85(63-31-15-5-16-32-63)81(71)53-73(83)74-54-82-72(66-36-20-22-38-76(66)86(82)64-33-17-6-18-34-64)52-84(74)88-79-45-41-61(57-27-11-3-12-28-57)49-69(79)70-50-62(42-46-80(70)88)58-29-13-4-14-30-58/h1-54H. The molecule has 0 radical (unpaired) electrons. The number of nitrogens with zero attached hydrogens (tertiary/aromatic N) is 4. The van der Waals surface area contributed by atoms with Crippen LogP contribution in [0.2, 0.25) is 0 Å². The Morgan fingerprint density at radius 2 is 0.398 bits per heavy atom. The Morgan fingerprint density at radius 1 is 0.148 bits per heavy atom. The molecule has 4 heterocycles. The lowest BCUT2D eigenvalue weighted by Gasteiger charge is -2.21. The fraction of sp³-hybridized carbons (Fsp3) is 0. The molecule has 18 rings (SSSR count). The summed E-state index contributed by atoms with van der Waals surface area (Å²) in [6, 6.07) is 121. The van der Waals surface area contributed by atoms with Crippen molar-refractivity contribution in [1.82, 2.24) is 18.3 Å². The van der Waals surface area contributed by atoms with Crippen LogP contribution in [0.5, 0.6) is 0 Å². The molecule has 0 N–H and O–H groups in total. The van der Waals surface area contributed by atoms with Crippen LogP contribution in [0, 0.1) is 0 Å². The van der Waals surface area contributed by atoms with Crippen LogP contribution in [-0.2, 0) is 0 Å². The Balaban J connectivity index is 1.03. The van der Waals surface area contributed by atoms with E-state index in [0.717, 1.165) is 78.0 Å². The van der Waals surface area contributed by atoms with Gasteiger partial charge in [-0.05, 0) is 154 Å². The number of rotatable bonds is 9. The van der Waals surface area contributed by atoms with Crippen LogP contribution in [0.1, 0.15) is 0 Å². The number of fused-ring (bicyclic) bond motifs is 12. The maximum absolute atomic E-state index is 2.57. The van der Waals surface area contributed by atoms with Gasteiger partial charge in [-0.15, -0.1) is 0 Å². The van der Waals surface area contributed by atoms with Crippen molar-refractivity contribution >= 4 is 87.2 Å². The van der Waals surface area contributed by atoms with Crippen LogP contribution in [-0.4, -0.2) is 18.3 Å². The number of hydrogen-bond acceptors (Lipinski definition) is 0. The van der Waals surface area contributed by atoms with E-state index in [-0.39, 0.29) is 0 Å². The van der Waals surface area contributed by atoms with Gasteiger partial charge in [-0.2, -0.15) is 0 Å². The first-order chi connectivity index (χ1) is 43.7. The van der Waals surface area contributed by atoms with Gasteiger partial charge in [-0.25, -0.2) is 0 Å². The van der Waals surface area contributed by atoms with Crippen LogP contribution >= 0.6 is 0 Å². The van der Waals surface area contributed by atoms with Gasteiger partial charge in [0.25, 0.3) is 0 Å². The average molecular weight is 1120 g/mol. The quantitative estimate of drug-likeness (QED) is 0.137. The fourth-order valence-electron chi connectivity index (χ4n) is 14.3. The van der Waals surface area contributed by atoms with Crippen molar-refractivity contribution in [2.24, 2.45) is 0 Å². The molecule has 18 aromatic rings. The monoisotopic (exact) mass is 1120 g/mol. The molecule has 0 aliphatic rings. The Bertz CT molecular complexity index is 5200. The molecule has 4 aromatic heterocycles. The van der Waals surface area contributed by atoms with Gasteiger partial charge < -0.3 is 18.3 Å². The van der Waals surface area contributed by atoms with Crippen LogP contribution in [0.4, 0.5) is 0 Å². The highest BCUT2D eigenvalue weighted by molar-refractivity contribution is 6.19. The first kappa shape index (κ1) is 49.7. The van der Waals surface area contributed by atoms with Gasteiger partial charge in [-0.3, -0.25) is 0 Å². The summed E-state index contributed by atoms with van der Waals surface area (Å²) in [5.74, 6) is 0. The summed E-state index contributed by atoms with van der Waals surface area (Å²) in [4.78, 5) is 0. The lowest BCUT2D eigenvalue weighted by molar-refractivity contribution is 1.15. The second kappa shape index (κ2) is 20.0. The topological polar surface area (TPSA) is 19.7 Å². The van der Waals surface area contributed by atoms with Crippen molar-refractivity contribution in [3.8, 4) is 78.4 Å². The first-order valence-electron chi connectivity index (χ1n) is 30.3. The summed E-state index contributed by atoms with van der Waals surface area (Å²) in [5.41, 5.74) is 25.1. The van der Waals surface area contributed by atoms with Crippen LogP contribution < -0.4 is 0 Å².